The van der Waals surface area contributed by atoms with Crippen LogP contribution in [0.3, 0.4) is 0 Å². The fourth-order valence-corrected chi connectivity index (χ4v) is 3.07. The maximum Gasteiger partial charge on any atom is 0.104 e. The Bertz CT molecular complexity index is 455. The van der Waals surface area contributed by atoms with Gasteiger partial charge in [0.15, 0.2) is 0 Å². The minimum atomic E-state index is 0.617. The van der Waals surface area contributed by atoms with Crippen LogP contribution in [-0.2, 0) is 5.33 Å². The number of nitrogens with zero attached hydrogens (tertiary/aromatic N) is 1. The second-order valence-corrected chi connectivity index (χ2v) is 5.00. The van der Waals surface area contributed by atoms with Crippen LogP contribution in [0, 0.1) is 0 Å². The molecular weight excluding hydrogens is 293 g/mol. The average Bonchev–Trinajstić information content (AvgIpc) is 2.47. The zero-order valence-electron chi connectivity index (χ0n) is 6.35. The lowest BCUT2D eigenvalue weighted by molar-refractivity contribution is 1.32. The summed E-state index contributed by atoms with van der Waals surface area (Å²) < 4.78 is 1.03. The number of fused-ring (bicyclic) bond motifs is 1. The van der Waals surface area contributed by atoms with Crippen molar-refractivity contribution in [2.24, 2.45) is 0 Å². The Morgan fingerprint density at radius 3 is 2.85 bits per heavy atom. The Hall–Kier alpha value is 0.170. The maximum absolute atomic E-state index is 5.98. The first-order valence-corrected chi connectivity index (χ1v) is 6.20. The molecule has 2 aromatic rings. The smallest absolute Gasteiger partial charge is 0.104 e. The third kappa shape index (κ3) is 1.84. The van der Waals surface area contributed by atoms with E-state index in [1.165, 1.54) is 0 Å². The van der Waals surface area contributed by atoms with Gasteiger partial charge in [-0.25, -0.2) is 4.98 Å². The van der Waals surface area contributed by atoms with Gasteiger partial charge in [0, 0.05) is 5.02 Å². The van der Waals surface area contributed by atoms with E-state index in [0.29, 0.717) is 10.0 Å². The van der Waals surface area contributed by atoms with Crippen LogP contribution in [0.2, 0.25) is 10.0 Å². The van der Waals surface area contributed by atoms with Crippen molar-refractivity contribution < 1.29 is 0 Å². The minimum Gasteiger partial charge on any atom is -0.239 e. The molecule has 68 valence electrons. The predicted molar refractivity (Wildman–Crippen MR) is 62.3 cm³/mol. The average molecular weight is 297 g/mol. The zero-order valence-corrected chi connectivity index (χ0v) is 10.3. The number of benzene rings is 1. The molecule has 0 saturated heterocycles. The summed E-state index contributed by atoms with van der Waals surface area (Å²) in [5, 5.41) is 3.03. The highest BCUT2D eigenvalue weighted by atomic mass is 79.9. The Balaban J connectivity index is 2.75. The molecule has 1 heterocycles. The van der Waals surface area contributed by atoms with E-state index in [1.54, 1.807) is 17.4 Å². The van der Waals surface area contributed by atoms with Crippen molar-refractivity contribution in [3.8, 4) is 0 Å². The fraction of sp³-hybridized carbons (Fsp3) is 0.125. The number of halogens is 3. The Morgan fingerprint density at radius 2 is 2.15 bits per heavy atom. The van der Waals surface area contributed by atoms with E-state index in [9.17, 15) is 0 Å². The summed E-state index contributed by atoms with van der Waals surface area (Å²) in [5.41, 5.74) is 0.838. The molecule has 0 fully saturated rings. The molecule has 0 aliphatic heterocycles. The van der Waals surface area contributed by atoms with Crippen LogP contribution < -0.4 is 0 Å². The predicted octanol–water partition coefficient (Wildman–Crippen LogP) is 4.50. The number of hydrogen-bond donors (Lipinski definition) is 0. The van der Waals surface area contributed by atoms with Gasteiger partial charge in [-0.05, 0) is 12.1 Å². The van der Waals surface area contributed by atoms with Gasteiger partial charge < -0.3 is 0 Å². The SMILES string of the molecule is Clc1cc(Cl)c2nc(CBr)sc2c1. The van der Waals surface area contributed by atoms with E-state index in [1.807, 2.05) is 6.07 Å². The van der Waals surface area contributed by atoms with Crippen molar-refractivity contribution in [1.29, 1.82) is 0 Å². The molecule has 0 spiro atoms. The van der Waals surface area contributed by atoms with Crippen molar-refractivity contribution >= 4 is 60.7 Å². The zero-order chi connectivity index (χ0) is 9.42. The second-order valence-electron chi connectivity index (χ2n) is 2.48. The van der Waals surface area contributed by atoms with Gasteiger partial charge in [0.25, 0.3) is 0 Å². The molecule has 0 radical (unpaired) electrons. The van der Waals surface area contributed by atoms with Crippen LogP contribution in [0.5, 0.6) is 0 Å². The van der Waals surface area contributed by atoms with Gasteiger partial charge in [-0.15, -0.1) is 11.3 Å². The number of alkyl halides is 1. The summed E-state index contributed by atoms with van der Waals surface area (Å²) in [6.45, 7) is 0. The van der Waals surface area contributed by atoms with Crippen LogP contribution in [0.1, 0.15) is 5.01 Å². The van der Waals surface area contributed by atoms with Crippen molar-refractivity contribution in [2.45, 2.75) is 5.33 Å². The van der Waals surface area contributed by atoms with E-state index >= 15 is 0 Å². The monoisotopic (exact) mass is 295 g/mol. The van der Waals surface area contributed by atoms with Crippen molar-refractivity contribution in [3.63, 3.8) is 0 Å². The van der Waals surface area contributed by atoms with Crippen molar-refractivity contribution in [1.82, 2.24) is 4.98 Å². The molecule has 1 aromatic heterocycles. The van der Waals surface area contributed by atoms with Crippen LogP contribution in [-0.4, -0.2) is 4.98 Å². The molecule has 1 aromatic carbocycles. The van der Waals surface area contributed by atoms with Gasteiger partial charge in [-0.3, -0.25) is 0 Å². The van der Waals surface area contributed by atoms with Gasteiger partial charge >= 0.3 is 0 Å². The second kappa shape index (κ2) is 3.73. The number of thiazole rings is 1. The van der Waals surface area contributed by atoms with Crippen LogP contribution in [0.25, 0.3) is 10.2 Å². The molecular formula is C8H4BrCl2NS. The van der Waals surface area contributed by atoms with E-state index in [0.717, 1.165) is 20.6 Å². The quantitative estimate of drug-likeness (QED) is 0.706. The number of aromatic nitrogens is 1. The molecule has 2 rings (SSSR count). The van der Waals surface area contributed by atoms with Crippen molar-refractivity contribution in [2.75, 3.05) is 0 Å². The third-order valence-corrected chi connectivity index (χ3v) is 3.98. The summed E-state index contributed by atoms with van der Waals surface area (Å²) in [6.07, 6.45) is 0. The molecule has 0 amide bonds. The van der Waals surface area contributed by atoms with Crippen LogP contribution >= 0.6 is 50.5 Å². The molecule has 1 nitrogen and oxygen atoms in total. The molecule has 0 N–H and O–H groups in total. The third-order valence-electron chi connectivity index (χ3n) is 1.57. The lowest BCUT2D eigenvalue weighted by Gasteiger charge is -1.92. The largest absolute Gasteiger partial charge is 0.239 e. The highest BCUT2D eigenvalue weighted by Gasteiger charge is 2.07. The van der Waals surface area contributed by atoms with E-state index in [4.69, 9.17) is 23.2 Å². The molecule has 0 aliphatic rings. The van der Waals surface area contributed by atoms with E-state index in [-0.39, 0.29) is 0 Å². The first-order valence-electron chi connectivity index (χ1n) is 3.51. The first kappa shape index (κ1) is 9.71. The molecule has 5 heteroatoms. The lowest BCUT2D eigenvalue weighted by atomic mass is 10.3. The summed E-state index contributed by atoms with van der Waals surface area (Å²) in [5.74, 6) is 0. The standard InChI is InChI=1S/C8H4BrCl2NS/c9-3-7-12-8-5(11)1-4(10)2-6(8)13-7/h1-2H,3H2. The van der Waals surface area contributed by atoms with Crippen molar-refractivity contribution in [3.05, 3.63) is 27.2 Å². The van der Waals surface area contributed by atoms with Gasteiger partial charge in [0.2, 0.25) is 0 Å². The Kier molecular flexibility index (Phi) is 2.79. The molecule has 0 unspecified atom stereocenters. The molecule has 0 atom stereocenters. The topological polar surface area (TPSA) is 12.9 Å². The highest BCUT2D eigenvalue weighted by Crippen LogP contribution is 2.32. The Morgan fingerprint density at radius 1 is 1.38 bits per heavy atom. The van der Waals surface area contributed by atoms with E-state index < -0.39 is 0 Å². The first-order chi connectivity index (χ1) is 6.20. The minimum absolute atomic E-state index is 0.617. The van der Waals surface area contributed by atoms with Gasteiger partial charge in [0.1, 0.15) is 10.5 Å². The summed E-state index contributed by atoms with van der Waals surface area (Å²) in [6, 6.07) is 3.59. The van der Waals surface area contributed by atoms with Crippen LogP contribution in [0.4, 0.5) is 0 Å². The molecule has 0 bridgehead atoms. The number of hydrogen-bond acceptors (Lipinski definition) is 2. The van der Waals surface area contributed by atoms with Gasteiger partial charge in [-0.2, -0.15) is 0 Å². The van der Waals surface area contributed by atoms with Gasteiger partial charge in [-0.1, -0.05) is 39.1 Å². The number of rotatable bonds is 1. The van der Waals surface area contributed by atoms with E-state index in [2.05, 4.69) is 20.9 Å². The Labute approximate surface area is 97.8 Å². The van der Waals surface area contributed by atoms with Crippen LogP contribution in [0.15, 0.2) is 12.1 Å². The van der Waals surface area contributed by atoms with Gasteiger partial charge in [0.05, 0.1) is 15.1 Å². The maximum atomic E-state index is 5.98. The summed E-state index contributed by atoms with van der Waals surface area (Å²) in [7, 11) is 0. The lowest BCUT2D eigenvalue weighted by Crippen LogP contribution is -1.73. The highest BCUT2D eigenvalue weighted by molar-refractivity contribution is 9.08. The molecule has 0 aliphatic carbocycles. The molecule has 0 saturated carbocycles. The normalized spacial score (nSPS) is 11.0. The summed E-state index contributed by atoms with van der Waals surface area (Å²) in [4.78, 5) is 4.35. The fourth-order valence-electron chi connectivity index (χ4n) is 1.06. The summed E-state index contributed by atoms with van der Waals surface area (Å²) >= 11 is 16.8. The molecule has 13 heavy (non-hydrogen) atoms.